The molecule has 3 N–H and O–H groups in total. The minimum absolute atomic E-state index is 0.00629. The Balaban J connectivity index is 3.32. The van der Waals surface area contributed by atoms with E-state index in [1.165, 1.54) is 244 Å². The molecule has 1 amide bonds. The molecule has 0 rings (SSSR count). The molecule has 0 aliphatic heterocycles. The van der Waals surface area contributed by atoms with Crippen molar-refractivity contribution in [1.82, 2.24) is 5.32 Å². The first-order chi connectivity index (χ1) is 31.5. The molecule has 0 spiro atoms. The van der Waals surface area contributed by atoms with Gasteiger partial charge >= 0.3 is 5.97 Å². The third kappa shape index (κ3) is 50.0. The fourth-order valence-corrected chi connectivity index (χ4v) is 9.09. The quantitative estimate of drug-likeness (QED) is 0.0321. The fourth-order valence-electron chi connectivity index (χ4n) is 9.09. The van der Waals surface area contributed by atoms with E-state index in [-0.39, 0.29) is 18.5 Å². The summed E-state index contributed by atoms with van der Waals surface area (Å²) < 4.78 is 5.46. The van der Waals surface area contributed by atoms with Crippen LogP contribution in [0.25, 0.3) is 0 Å². The Morgan fingerprint density at radius 1 is 0.422 bits per heavy atom. The molecule has 6 nitrogen and oxygen atoms in total. The fraction of sp³-hybridized carbons (Fsp3) is 0.931. The molecule has 0 aromatic carbocycles. The molecular formula is C58H113NO5. The standard InChI is InChI=1S/C58H113NO5/c1-3-5-7-9-11-13-31-36-40-44-48-52-58(63)64-53-49-45-41-37-33-30-28-26-24-22-20-18-16-15-17-19-21-23-25-27-29-32-35-39-43-47-51-57(62)59-55(54-60)56(61)50-46-42-38-34-14-12-10-8-6-4-2/h9,11,55-56,60-61H,3-8,10,12-54H2,1-2H3,(H,59,62)/b11-9-. The largest absolute Gasteiger partial charge is 0.466 e. The molecular weight excluding hydrogens is 791 g/mol. The number of unbranched alkanes of at least 4 members (excludes halogenated alkanes) is 41. The van der Waals surface area contributed by atoms with E-state index in [0.29, 0.717) is 25.9 Å². The Labute approximate surface area is 399 Å². The zero-order chi connectivity index (χ0) is 46.5. The Morgan fingerprint density at radius 3 is 1.16 bits per heavy atom. The summed E-state index contributed by atoms with van der Waals surface area (Å²) in [6.07, 6.45) is 63.7. The van der Waals surface area contributed by atoms with E-state index in [2.05, 4.69) is 31.3 Å². The van der Waals surface area contributed by atoms with Gasteiger partial charge in [0, 0.05) is 12.8 Å². The minimum atomic E-state index is -0.660. The first-order valence-corrected chi connectivity index (χ1v) is 28.9. The molecule has 0 radical (unpaired) electrons. The molecule has 6 heteroatoms. The summed E-state index contributed by atoms with van der Waals surface area (Å²) in [5.41, 5.74) is 0. The first kappa shape index (κ1) is 62.6. The second kappa shape index (κ2) is 54.2. The normalized spacial score (nSPS) is 12.6. The topological polar surface area (TPSA) is 95.9 Å². The summed E-state index contributed by atoms with van der Waals surface area (Å²) in [5, 5.41) is 23.1. The number of hydrogen-bond donors (Lipinski definition) is 3. The van der Waals surface area contributed by atoms with Crippen LogP contribution in [0.1, 0.15) is 322 Å². The highest BCUT2D eigenvalue weighted by Gasteiger charge is 2.20. The van der Waals surface area contributed by atoms with E-state index in [0.717, 1.165) is 44.9 Å². The molecule has 0 saturated heterocycles. The average Bonchev–Trinajstić information content (AvgIpc) is 3.29. The van der Waals surface area contributed by atoms with Crippen LogP contribution < -0.4 is 5.32 Å². The molecule has 380 valence electrons. The van der Waals surface area contributed by atoms with Gasteiger partial charge in [-0.15, -0.1) is 0 Å². The lowest BCUT2D eigenvalue weighted by atomic mass is 10.0. The summed E-state index contributed by atoms with van der Waals surface area (Å²) in [6, 6.07) is -0.537. The predicted octanol–water partition coefficient (Wildman–Crippen LogP) is 17.7. The van der Waals surface area contributed by atoms with Crippen molar-refractivity contribution in [2.45, 2.75) is 334 Å². The number of rotatable bonds is 54. The van der Waals surface area contributed by atoms with Crippen LogP contribution >= 0.6 is 0 Å². The number of aliphatic hydroxyl groups excluding tert-OH is 2. The number of esters is 1. The number of hydrogen-bond acceptors (Lipinski definition) is 5. The van der Waals surface area contributed by atoms with Gasteiger partial charge in [-0.3, -0.25) is 9.59 Å². The Kier molecular flexibility index (Phi) is 53.0. The Morgan fingerprint density at radius 2 is 0.750 bits per heavy atom. The maximum absolute atomic E-state index is 12.4. The molecule has 2 atom stereocenters. The van der Waals surface area contributed by atoms with Crippen LogP contribution in [0.3, 0.4) is 0 Å². The first-order valence-electron chi connectivity index (χ1n) is 28.9. The Hall–Kier alpha value is -1.40. The monoisotopic (exact) mass is 904 g/mol. The number of carbonyl (C=O) groups excluding carboxylic acids is 2. The molecule has 0 saturated carbocycles. The van der Waals surface area contributed by atoms with Crippen molar-refractivity contribution < 1.29 is 24.5 Å². The highest BCUT2D eigenvalue weighted by atomic mass is 16.5. The van der Waals surface area contributed by atoms with Gasteiger partial charge in [0.15, 0.2) is 0 Å². The highest BCUT2D eigenvalue weighted by Crippen LogP contribution is 2.18. The molecule has 0 fully saturated rings. The molecule has 64 heavy (non-hydrogen) atoms. The molecule has 0 heterocycles. The van der Waals surface area contributed by atoms with Crippen LogP contribution in [0.5, 0.6) is 0 Å². The van der Waals surface area contributed by atoms with Gasteiger partial charge in [0.1, 0.15) is 0 Å². The van der Waals surface area contributed by atoms with Gasteiger partial charge < -0.3 is 20.3 Å². The van der Waals surface area contributed by atoms with Crippen molar-refractivity contribution >= 4 is 11.9 Å². The van der Waals surface area contributed by atoms with Crippen molar-refractivity contribution in [3.8, 4) is 0 Å². The van der Waals surface area contributed by atoms with Crippen LogP contribution in [-0.4, -0.2) is 47.4 Å². The highest BCUT2D eigenvalue weighted by molar-refractivity contribution is 5.76. The molecule has 2 unspecified atom stereocenters. The van der Waals surface area contributed by atoms with Crippen LogP contribution in [0.2, 0.25) is 0 Å². The molecule has 0 aromatic heterocycles. The zero-order valence-electron chi connectivity index (χ0n) is 43.3. The number of aliphatic hydroxyl groups is 2. The lowest BCUT2D eigenvalue weighted by Crippen LogP contribution is -2.45. The van der Waals surface area contributed by atoms with E-state index in [1.807, 2.05) is 0 Å². The summed E-state index contributed by atoms with van der Waals surface area (Å²) in [4.78, 5) is 24.4. The third-order valence-corrected chi connectivity index (χ3v) is 13.6. The van der Waals surface area contributed by atoms with Crippen molar-refractivity contribution in [2.24, 2.45) is 0 Å². The zero-order valence-corrected chi connectivity index (χ0v) is 43.3. The van der Waals surface area contributed by atoms with E-state index in [1.54, 1.807) is 0 Å². The van der Waals surface area contributed by atoms with Crippen LogP contribution in [0.4, 0.5) is 0 Å². The van der Waals surface area contributed by atoms with Gasteiger partial charge in [-0.2, -0.15) is 0 Å². The van der Waals surface area contributed by atoms with Gasteiger partial charge in [0.2, 0.25) is 5.91 Å². The number of nitrogens with one attached hydrogen (secondary N) is 1. The van der Waals surface area contributed by atoms with Crippen molar-refractivity contribution in [1.29, 1.82) is 0 Å². The van der Waals surface area contributed by atoms with Gasteiger partial charge in [-0.25, -0.2) is 0 Å². The van der Waals surface area contributed by atoms with E-state index < -0.39 is 12.1 Å². The molecule has 0 bridgehead atoms. The van der Waals surface area contributed by atoms with E-state index in [9.17, 15) is 19.8 Å². The van der Waals surface area contributed by atoms with Crippen LogP contribution in [0.15, 0.2) is 12.2 Å². The SMILES string of the molecule is CCCC/C=C\CCCCCCCC(=O)OCCCCCCCCCCCCCCCCCCCCCCCCCCCCC(=O)NC(CO)C(O)CCCCCCCCCCCC. The van der Waals surface area contributed by atoms with Crippen molar-refractivity contribution in [3.05, 3.63) is 12.2 Å². The smallest absolute Gasteiger partial charge is 0.305 e. The summed E-state index contributed by atoms with van der Waals surface area (Å²) >= 11 is 0. The van der Waals surface area contributed by atoms with Gasteiger partial charge in [0.05, 0.1) is 25.4 Å². The molecule has 0 aliphatic rings. The van der Waals surface area contributed by atoms with E-state index >= 15 is 0 Å². The van der Waals surface area contributed by atoms with Gasteiger partial charge in [-0.1, -0.05) is 276 Å². The maximum atomic E-state index is 12.4. The summed E-state index contributed by atoms with van der Waals surface area (Å²) in [7, 11) is 0. The van der Waals surface area contributed by atoms with Gasteiger partial charge in [0.25, 0.3) is 0 Å². The summed E-state index contributed by atoms with van der Waals surface area (Å²) in [6.45, 7) is 4.91. The average molecular weight is 905 g/mol. The number of amides is 1. The maximum Gasteiger partial charge on any atom is 0.305 e. The van der Waals surface area contributed by atoms with Gasteiger partial charge in [-0.05, 0) is 44.9 Å². The van der Waals surface area contributed by atoms with Crippen LogP contribution in [-0.2, 0) is 14.3 Å². The number of ether oxygens (including phenoxy) is 1. The third-order valence-electron chi connectivity index (χ3n) is 13.6. The van der Waals surface area contributed by atoms with E-state index in [4.69, 9.17) is 4.74 Å². The second-order valence-electron chi connectivity index (χ2n) is 20.0. The lowest BCUT2D eigenvalue weighted by molar-refractivity contribution is -0.143. The molecule has 0 aromatic rings. The number of allylic oxidation sites excluding steroid dienone is 2. The van der Waals surface area contributed by atoms with Crippen molar-refractivity contribution in [3.63, 3.8) is 0 Å². The summed E-state index contributed by atoms with van der Waals surface area (Å²) in [5.74, 6) is -0.0270. The molecule has 0 aliphatic carbocycles. The van der Waals surface area contributed by atoms with Crippen molar-refractivity contribution in [2.75, 3.05) is 13.2 Å². The number of carbonyl (C=O) groups is 2. The predicted molar refractivity (Wildman–Crippen MR) is 278 cm³/mol. The van der Waals surface area contributed by atoms with Crippen LogP contribution in [0, 0.1) is 0 Å². The second-order valence-corrected chi connectivity index (χ2v) is 20.0. The lowest BCUT2D eigenvalue weighted by Gasteiger charge is -2.22. The Bertz CT molecular complexity index is 955. The minimum Gasteiger partial charge on any atom is -0.466 e.